The van der Waals surface area contributed by atoms with Crippen LogP contribution in [0.25, 0.3) is 0 Å². The molecule has 2 aromatic rings. The van der Waals surface area contributed by atoms with Gasteiger partial charge in [0.05, 0.1) is 14.9 Å². The normalized spacial score (nSPS) is 13.1. The second-order valence-electron chi connectivity index (χ2n) is 4.62. The van der Waals surface area contributed by atoms with Crippen LogP contribution in [0.2, 0.25) is 10.0 Å². The van der Waals surface area contributed by atoms with E-state index in [0.717, 1.165) is 12.1 Å². The molecule has 0 spiro atoms. The van der Waals surface area contributed by atoms with Gasteiger partial charge >= 0.3 is 0 Å². The van der Waals surface area contributed by atoms with Gasteiger partial charge in [-0.1, -0.05) is 29.3 Å². The lowest BCUT2D eigenvalue weighted by atomic mass is 10.1. The maximum absolute atomic E-state index is 13.2. The van der Waals surface area contributed by atoms with Crippen molar-refractivity contribution < 1.29 is 17.2 Å². The van der Waals surface area contributed by atoms with Crippen molar-refractivity contribution in [2.24, 2.45) is 0 Å². The molecular formula is C14H11Cl2F2NO2S. The summed E-state index contributed by atoms with van der Waals surface area (Å²) in [5, 5.41) is 0.620. The van der Waals surface area contributed by atoms with Gasteiger partial charge in [0.1, 0.15) is 11.6 Å². The Balaban J connectivity index is 2.29. The molecule has 0 aromatic heterocycles. The summed E-state index contributed by atoms with van der Waals surface area (Å²) in [5.74, 6) is -1.94. The zero-order valence-electron chi connectivity index (χ0n) is 11.3. The van der Waals surface area contributed by atoms with Crippen LogP contribution in [-0.2, 0) is 10.0 Å². The molecule has 0 amide bonds. The Morgan fingerprint density at radius 1 is 1.00 bits per heavy atom. The minimum absolute atomic E-state index is 0.280. The number of benzene rings is 2. The molecule has 22 heavy (non-hydrogen) atoms. The van der Waals surface area contributed by atoms with Crippen LogP contribution in [0.4, 0.5) is 8.78 Å². The molecule has 8 heteroatoms. The topological polar surface area (TPSA) is 46.2 Å². The van der Waals surface area contributed by atoms with Crippen molar-refractivity contribution in [3.63, 3.8) is 0 Å². The molecule has 0 aliphatic heterocycles. The van der Waals surface area contributed by atoms with E-state index in [1.54, 1.807) is 13.0 Å². The standard InChI is InChI=1S/C14H11Cl2F2NO2S/c1-8(9-2-3-13(15)14(16)4-9)19-22(20,21)12-6-10(17)5-11(18)7-12/h2-8,19H,1H3. The quantitative estimate of drug-likeness (QED) is 0.877. The van der Waals surface area contributed by atoms with Gasteiger partial charge in [-0.2, -0.15) is 0 Å². The number of hydrogen-bond acceptors (Lipinski definition) is 2. The van der Waals surface area contributed by atoms with Crippen LogP contribution in [0.1, 0.15) is 18.5 Å². The lowest BCUT2D eigenvalue weighted by molar-refractivity contribution is 0.553. The fourth-order valence-corrected chi connectivity index (χ4v) is 3.41. The molecule has 3 nitrogen and oxygen atoms in total. The fraction of sp³-hybridized carbons (Fsp3) is 0.143. The van der Waals surface area contributed by atoms with Gasteiger partial charge in [0.2, 0.25) is 10.0 Å². The van der Waals surface area contributed by atoms with Gasteiger partial charge in [0.15, 0.2) is 0 Å². The average Bonchev–Trinajstić information content (AvgIpc) is 2.40. The largest absolute Gasteiger partial charge is 0.241 e. The molecule has 2 aromatic carbocycles. The third-order valence-electron chi connectivity index (χ3n) is 2.92. The second kappa shape index (κ2) is 6.50. The van der Waals surface area contributed by atoms with Crippen LogP contribution in [-0.4, -0.2) is 8.42 Å². The minimum atomic E-state index is -4.08. The van der Waals surface area contributed by atoms with Gasteiger partial charge in [0, 0.05) is 12.1 Å². The molecule has 0 heterocycles. The number of nitrogens with one attached hydrogen (secondary N) is 1. The van der Waals surface area contributed by atoms with Crippen molar-refractivity contribution >= 4 is 33.2 Å². The minimum Gasteiger partial charge on any atom is -0.207 e. The molecule has 0 fully saturated rings. The number of sulfonamides is 1. The summed E-state index contributed by atoms with van der Waals surface area (Å²) in [6.45, 7) is 1.58. The van der Waals surface area contributed by atoms with Crippen LogP contribution < -0.4 is 4.72 Å². The van der Waals surface area contributed by atoms with E-state index in [2.05, 4.69) is 4.72 Å². The van der Waals surface area contributed by atoms with Crippen molar-refractivity contribution in [2.45, 2.75) is 17.9 Å². The Bertz CT molecular complexity index is 792. The Labute approximate surface area is 136 Å². The summed E-state index contributed by atoms with van der Waals surface area (Å²) in [6.07, 6.45) is 0. The molecule has 0 saturated heterocycles. The molecule has 0 aliphatic carbocycles. The van der Waals surface area contributed by atoms with E-state index < -0.39 is 32.6 Å². The highest BCUT2D eigenvalue weighted by Gasteiger charge is 2.20. The van der Waals surface area contributed by atoms with E-state index >= 15 is 0 Å². The highest BCUT2D eigenvalue weighted by atomic mass is 35.5. The summed E-state index contributed by atoms with van der Waals surface area (Å²) >= 11 is 11.7. The molecule has 0 radical (unpaired) electrons. The SMILES string of the molecule is CC(NS(=O)(=O)c1cc(F)cc(F)c1)c1ccc(Cl)c(Cl)c1. The van der Waals surface area contributed by atoms with Gasteiger partial charge in [-0.05, 0) is 36.8 Å². The summed E-state index contributed by atoms with van der Waals surface area (Å²) in [6, 6.07) is 6.08. The summed E-state index contributed by atoms with van der Waals surface area (Å²) < 4.78 is 53.0. The summed E-state index contributed by atoms with van der Waals surface area (Å²) in [5.41, 5.74) is 0.565. The van der Waals surface area contributed by atoms with Gasteiger partial charge in [0.25, 0.3) is 0 Å². The summed E-state index contributed by atoms with van der Waals surface area (Å²) in [7, 11) is -4.08. The number of halogens is 4. The Morgan fingerprint density at radius 2 is 1.59 bits per heavy atom. The van der Waals surface area contributed by atoms with Gasteiger partial charge in [-0.3, -0.25) is 0 Å². The first-order valence-corrected chi connectivity index (χ1v) is 8.36. The third kappa shape index (κ3) is 3.95. The van der Waals surface area contributed by atoms with E-state index in [9.17, 15) is 17.2 Å². The molecule has 1 N–H and O–H groups in total. The van der Waals surface area contributed by atoms with Crippen molar-refractivity contribution in [3.8, 4) is 0 Å². The van der Waals surface area contributed by atoms with Gasteiger partial charge in [-0.25, -0.2) is 21.9 Å². The maximum Gasteiger partial charge on any atom is 0.241 e. The van der Waals surface area contributed by atoms with Crippen molar-refractivity contribution in [1.82, 2.24) is 4.72 Å². The predicted molar refractivity (Wildman–Crippen MR) is 81.6 cm³/mol. The molecular weight excluding hydrogens is 355 g/mol. The zero-order valence-corrected chi connectivity index (χ0v) is 13.6. The predicted octanol–water partition coefficient (Wildman–Crippen LogP) is 4.31. The zero-order chi connectivity index (χ0) is 16.5. The Kier molecular flexibility index (Phi) is 5.07. The van der Waals surface area contributed by atoms with Crippen molar-refractivity contribution in [3.05, 3.63) is 63.6 Å². The molecule has 0 saturated carbocycles. The number of rotatable bonds is 4. The Morgan fingerprint density at radius 3 is 2.14 bits per heavy atom. The maximum atomic E-state index is 13.2. The summed E-state index contributed by atoms with van der Waals surface area (Å²) in [4.78, 5) is -0.489. The lowest BCUT2D eigenvalue weighted by Gasteiger charge is -2.15. The Hall–Kier alpha value is -1.21. The monoisotopic (exact) mass is 365 g/mol. The highest BCUT2D eigenvalue weighted by Crippen LogP contribution is 2.26. The van der Waals surface area contributed by atoms with Gasteiger partial charge in [-0.15, -0.1) is 0 Å². The third-order valence-corrected chi connectivity index (χ3v) is 5.18. The van der Waals surface area contributed by atoms with E-state index in [1.165, 1.54) is 12.1 Å². The molecule has 0 bridgehead atoms. The van der Waals surface area contributed by atoms with E-state index in [0.29, 0.717) is 16.7 Å². The molecule has 1 unspecified atom stereocenters. The highest BCUT2D eigenvalue weighted by molar-refractivity contribution is 7.89. The van der Waals surface area contributed by atoms with Crippen LogP contribution >= 0.6 is 23.2 Å². The first-order valence-electron chi connectivity index (χ1n) is 6.12. The van der Waals surface area contributed by atoms with E-state index in [1.807, 2.05) is 0 Å². The van der Waals surface area contributed by atoms with Crippen molar-refractivity contribution in [2.75, 3.05) is 0 Å². The van der Waals surface area contributed by atoms with Crippen LogP contribution in [0, 0.1) is 11.6 Å². The lowest BCUT2D eigenvalue weighted by Crippen LogP contribution is -2.27. The average molecular weight is 366 g/mol. The molecule has 118 valence electrons. The molecule has 2 rings (SSSR count). The van der Waals surface area contributed by atoms with Crippen LogP contribution in [0.5, 0.6) is 0 Å². The fourth-order valence-electron chi connectivity index (χ4n) is 1.83. The first-order chi connectivity index (χ1) is 10.2. The van der Waals surface area contributed by atoms with Crippen LogP contribution in [0.15, 0.2) is 41.3 Å². The second-order valence-corrected chi connectivity index (χ2v) is 7.15. The van der Waals surface area contributed by atoms with E-state index in [-0.39, 0.29) is 5.02 Å². The van der Waals surface area contributed by atoms with Gasteiger partial charge < -0.3 is 0 Å². The van der Waals surface area contributed by atoms with Crippen molar-refractivity contribution in [1.29, 1.82) is 0 Å². The molecule has 0 aliphatic rings. The molecule has 1 atom stereocenters. The first kappa shape index (κ1) is 17.1. The smallest absolute Gasteiger partial charge is 0.207 e. The van der Waals surface area contributed by atoms with Crippen LogP contribution in [0.3, 0.4) is 0 Å². The number of hydrogen-bond donors (Lipinski definition) is 1. The van der Waals surface area contributed by atoms with E-state index in [4.69, 9.17) is 23.2 Å².